The third-order valence-corrected chi connectivity index (χ3v) is 5.48. The third-order valence-electron chi connectivity index (χ3n) is 4.57. The molecule has 138 valence electrons. The Bertz CT molecular complexity index is 797. The van der Waals surface area contributed by atoms with E-state index < -0.39 is 0 Å². The highest BCUT2D eigenvalue weighted by atomic mass is 32.1. The number of benzene rings is 1. The molecular formula is C19H24N4O2S. The number of carbonyl (C=O) groups excluding carboxylic acids is 2. The molecule has 2 amide bonds. The van der Waals surface area contributed by atoms with E-state index in [1.807, 2.05) is 6.92 Å². The van der Waals surface area contributed by atoms with Crippen LogP contribution in [-0.2, 0) is 6.42 Å². The number of aromatic nitrogens is 1. The lowest BCUT2D eigenvalue weighted by Crippen LogP contribution is -2.32. The summed E-state index contributed by atoms with van der Waals surface area (Å²) < 4.78 is 0. The molecule has 0 spiro atoms. The summed E-state index contributed by atoms with van der Waals surface area (Å²) in [5, 5.41) is 8.53. The van der Waals surface area contributed by atoms with Crippen LogP contribution >= 0.6 is 11.3 Å². The Morgan fingerprint density at radius 2 is 2.04 bits per heavy atom. The summed E-state index contributed by atoms with van der Waals surface area (Å²) in [6.45, 7) is 2.39. The first-order valence-corrected chi connectivity index (χ1v) is 9.82. The minimum absolute atomic E-state index is 0.0520. The first kappa shape index (κ1) is 18.5. The van der Waals surface area contributed by atoms with Gasteiger partial charge in [-0.3, -0.25) is 9.59 Å². The van der Waals surface area contributed by atoms with Crippen molar-refractivity contribution in [1.29, 1.82) is 0 Å². The number of anilines is 1. The van der Waals surface area contributed by atoms with E-state index in [1.54, 1.807) is 23.6 Å². The van der Waals surface area contributed by atoms with Crippen molar-refractivity contribution in [2.24, 2.45) is 5.73 Å². The van der Waals surface area contributed by atoms with Crippen molar-refractivity contribution >= 4 is 28.8 Å². The zero-order valence-electron chi connectivity index (χ0n) is 14.9. The number of hydrogen-bond acceptors (Lipinski definition) is 5. The minimum Gasteiger partial charge on any atom is -0.349 e. The second-order valence-electron chi connectivity index (χ2n) is 6.60. The zero-order chi connectivity index (χ0) is 18.5. The van der Waals surface area contributed by atoms with Crippen molar-refractivity contribution in [3.63, 3.8) is 0 Å². The van der Waals surface area contributed by atoms with Crippen LogP contribution in [0.25, 0.3) is 0 Å². The third kappa shape index (κ3) is 4.47. The van der Waals surface area contributed by atoms with Crippen LogP contribution in [0.5, 0.6) is 0 Å². The van der Waals surface area contributed by atoms with E-state index in [0.29, 0.717) is 29.9 Å². The maximum atomic E-state index is 12.4. The van der Waals surface area contributed by atoms with Crippen LogP contribution < -0.4 is 16.4 Å². The molecule has 26 heavy (non-hydrogen) atoms. The maximum Gasteiger partial charge on any atom is 0.275 e. The Morgan fingerprint density at radius 1 is 1.27 bits per heavy atom. The van der Waals surface area contributed by atoms with E-state index in [4.69, 9.17) is 5.73 Å². The molecule has 3 rings (SSSR count). The highest BCUT2D eigenvalue weighted by Gasteiger charge is 2.18. The largest absolute Gasteiger partial charge is 0.349 e. The molecule has 0 bridgehead atoms. The maximum absolute atomic E-state index is 12.4. The predicted octanol–water partition coefficient (Wildman–Crippen LogP) is 2.88. The van der Waals surface area contributed by atoms with Crippen LogP contribution in [0.15, 0.2) is 23.6 Å². The van der Waals surface area contributed by atoms with Crippen molar-refractivity contribution in [2.75, 3.05) is 11.9 Å². The molecule has 1 aromatic carbocycles. The van der Waals surface area contributed by atoms with Gasteiger partial charge in [-0.05, 0) is 50.1 Å². The van der Waals surface area contributed by atoms with Gasteiger partial charge in [0.25, 0.3) is 11.8 Å². The summed E-state index contributed by atoms with van der Waals surface area (Å²) in [5.41, 5.74) is 8.04. The van der Waals surface area contributed by atoms with Crippen LogP contribution in [0.2, 0.25) is 0 Å². The number of nitrogens with one attached hydrogen (secondary N) is 2. The zero-order valence-corrected chi connectivity index (χ0v) is 15.7. The van der Waals surface area contributed by atoms with Gasteiger partial charge in [-0.1, -0.05) is 12.8 Å². The topological polar surface area (TPSA) is 97.1 Å². The molecule has 1 saturated carbocycles. The number of amides is 2. The van der Waals surface area contributed by atoms with Crippen LogP contribution in [0.3, 0.4) is 0 Å². The van der Waals surface area contributed by atoms with E-state index >= 15 is 0 Å². The molecule has 0 atom stereocenters. The highest BCUT2D eigenvalue weighted by Crippen LogP contribution is 2.21. The standard InChI is InChI=1S/C19H24N4O2S/c1-12-10-13(18(24)21-14-4-2-3-5-14)6-7-15(12)23-19(25)16-11-26-17(22-16)8-9-20/h6-7,10-11,14H,2-5,8-9,20H2,1H3,(H,21,24)(H,23,25). The second kappa shape index (κ2) is 8.42. The van der Waals surface area contributed by atoms with Gasteiger partial charge in [0.15, 0.2) is 0 Å². The SMILES string of the molecule is Cc1cc(C(=O)NC2CCCC2)ccc1NC(=O)c1csc(CCN)n1. The van der Waals surface area contributed by atoms with Crippen LogP contribution in [0.4, 0.5) is 5.69 Å². The molecule has 1 aliphatic rings. The summed E-state index contributed by atoms with van der Waals surface area (Å²) in [6, 6.07) is 5.60. The quantitative estimate of drug-likeness (QED) is 0.726. The van der Waals surface area contributed by atoms with Gasteiger partial charge in [0.1, 0.15) is 5.69 Å². The molecule has 0 radical (unpaired) electrons. The summed E-state index contributed by atoms with van der Waals surface area (Å²) in [4.78, 5) is 29.0. The molecule has 7 heteroatoms. The monoisotopic (exact) mass is 372 g/mol. The predicted molar refractivity (Wildman–Crippen MR) is 104 cm³/mol. The van der Waals surface area contributed by atoms with Gasteiger partial charge < -0.3 is 16.4 Å². The Balaban J connectivity index is 1.64. The van der Waals surface area contributed by atoms with Gasteiger partial charge in [0, 0.05) is 29.1 Å². The second-order valence-corrected chi connectivity index (χ2v) is 7.55. The number of thiazole rings is 1. The molecule has 1 heterocycles. The summed E-state index contributed by atoms with van der Waals surface area (Å²) >= 11 is 1.43. The lowest BCUT2D eigenvalue weighted by molar-refractivity contribution is 0.0937. The Kier molecular flexibility index (Phi) is 6.00. The molecule has 0 aliphatic heterocycles. The molecule has 1 fully saturated rings. The van der Waals surface area contributed by atoms with E-state index in [9.17, 15) is 9.59 Å². The summed E-state index contributed by atoms with van der Waals surface area (Å²) in [6.07, 6.45) is 5.14. The molecule has 0 saturated heterocycles. The van der Waals surface area contributed by atoms with Crippen molar-refractivity contribution < 1.29 is 9.59 Å². The molecule has 1 aliphatic carbocycles. The van der Waals surface area contributed by atoms with E-state index in [1.165, 1.54) is 24.2 Å². The number of aryl methyl sites for hydroxylation is 1. The number of rotatable bonds is 6. The molecule has 4 N–H and O–H groups in total. The van der Waals surface area contributed by atoms with E-state index in [0.717, 1.165) is 23.4 Å². The number of nitrogens with zero attached hydrogens (tertiary/aromatic N) is 1. The number of hydrogen-bond donors (Lipinski definition) is 3. The van der Waals surface area contributed by atoms with Crippen LogP contribution in [0.1, 0.15) is 57.1 Å². The molecule has 1 aromatic heterocycles. The lowest BCUT2D eigenvalue weighted by Gasteiger charge is -2.13. The van der Waals surface area contributed by atoms with Crippen molar-refractivity contribution in [3.05, 3.63) is 45.4 Å². The van der Waals surface area contributed by atoms with Crippen molar-refractivity contribution in [2.45, 2.75) is 45.1 Å². The van der Waals surface area contributed by atoms with Crippen LogP contribution in [0, 0.1) is 6.92 Å². The van der Waals surface area contributed by atoms with Gasteiger partial charge in [0.05, 0.1) is 5.01 Å². The Morgan fingerprint density at radius 3 is 2.73 bits per heavy atom. The van der Waals surface area contributed by atoms with E-state index in [-0.39, 0.29) is 17.9 Å². The van der Waals surface area contributed by atoms with E-state index in [2.05, 4.69) is 15.6 Å². The smallest absolute Gasteiger partial charge is 0.275 e. The first-order chi connectivity index (χ1) is 12.6. The Hall–Kier alpha value is -2.25. The fraction of sp³-hybridized carbons (Fsp3) is 0.421. The fourth-order valence-electron chi connectivity index (χ4n) is 3.12. The fourth-order valence-corrected chi connectivity index (χ4v) is 3.92. The van der Waals surface area contributed by atoms with Gasteiger partial charge in [-0.2, -0.15) is 0 Å². The molecule has 0 unspecified atom stereocenters. The minimum atomic E-state index is -0.254. The number of carbonyl (C=O) groups is 2. The average molecular weight is 372 g/mol. The molecule has 6 nitrogen and oxygen atoms in total. The van der Waals surface area contributed by atoms with Gasteiger partial charge in [-0.25, -0.2) is 4.98 Å². The Labute approximate surface area is 157 Å². The van der Waals surface area contributed by atoms with Crippen molar-refractivity contribution in [1.82, 2.24) is 10.3 Å². The van der Waals surface area contributed by atoms with Gasteiger partial charge >= 0.3 is 0 Å². The van der Waals surface area contributed by atoms with Crippen LogP contribution in [-0.4, -0.2) is 29.4 Å². The lowest BCUT2D eigenvalue weighted by atomic mass is 10.1. The van der Waals surface area contributed by atoms with Crippen molar-refractivity contribution in [3.8, 4) is 0 Å². The van der Waals surface area contributed by atoms with Gasteiger partial charge in [0.2, 0.25) is 0 Å². The normalized spacial score (nSPS) is 14.4. The summed E-state index contributed by atoms with van der Waals surface area (Å²) in [7, 11) is 0. The highest BCUT2D eigenvalue weighted by molar-refractivity contribution is 7.09. The molecular weight excluding hydrogens is 348 g/mol. The van der Waals surface area contributed by atoms with Gasteiger partial charge in [-0.15, -0.1) is 11.3 Å². The number of nitrogens with two attached hydrogens (primary N) is 1. The summed E-state index contributed by atoms with van der Waals surface area (Å²) in [5.74, 6) is -0.306. The first-order valence-electron chi connectivity index (χ1n) is 8.94. The molecule has 2 aromatic rings. The average Bonchev–Trinajstić information content (AvgIpc) is 3.29.